The molecule has 4 heteroatoms. The van der Waals surface area contributed by atoms with Crippen LogP contribution in [0.1, 0.15) is 0 Å². The Labute approximate surface area is 35.4 Å². The van der Waals surface area contributed by atoms with Crippen LogP contribution in [0.25, 0.3) is 0 Å². The summed E-state index contributed by atoms with van der Waals surface area (Å²) < 4.78 is 11.2. The second-order valence-electron chi connectivity index (χ2n) is 0.954. The van der Waals surface area contributed by atoms with Crippen molar-refractivity contribution in [2.75, 3.05) is 0 Å². The van der Waals surface area contributed by atoms with Gasteiger partial charge in [0.25, 0.3) is 0 Å². The van der Waals surface area contributed by atoms with Gasteiger partial charge in [-0.05, 0) is 0 Å². The normalized spacial score (nSPS) is 13.5. The molecular weight excluding hydrogens is 85.8 g/mol. The molecule has 0 fully saturated rings. The van der Waals surface area contributed by atoms with Gasteiger partial charge in [0.2, 0.25) is 0 Å². The highest BCUT2D eigenvalue weighted by Crippen LogP contribution is 1.77. The molecule has 1 N–H and O–H groups in total. The van der Waals surface area contributed by atoms with Crippen molar-refractivity contribution >= 4 is 13.8 Å². The molecule has 0 heterocycles. The summed E-state index contributed by atoms with van der Waals surface area (Å²) in [4.78, 5) is 9.32. The maximum atomic E-state index is 11.2. The average molecular weight is 89.9 g/mol. The van der Waals surface area contributed by atoms with Crippen LogP contribution in [0.5, 0.6) is 0 Å². The predicted octanol–water partition coefficient (Wildman–Crippen LogP) is -1.00. The second kappa shape index (κ2) is 1.79. The maximum Gasteiger partial charge on any atom is 0.328 e. The molecule has 0 aliphatic carbocycles. The van der Waals surface area contributed by atoms with Gasteiger partial charge in [0.05, 0.1) is 0 Å². The largest absolute Gasteiger partial charge is 0.480 e. The third-order valence-corrected chi connectivity index (χ3v) is 0.340. The summed E-state index contributed by atoms with van der Waals surface area (Å²) >= 11 is 0. The molecule has 6 heavy (non-hydrogen) atoms. The maximum absolute atomic E-state index is 11.2. The van der Waals surface area contributed by atoms with E-state index in [-0.39, 0.29) is 0 Å². The second-order valence-corrected chi connectivity index (χ2v) is 0.954. The lowest BCUT2D eigenvalue weighted by molar-refractivity contribution is -0.139. The van der Waals surface area contributed by atoms with Crippen LogP contribution in [-0.2, 0) is 4.79 Å². The summed E-state index contributed by atoms with van der Waals surface area (Å²) in [5.74, 6) is -1.41. The summed E-state index contributed by atoms with van der Waals surface area (Å²) in [5.41, 5.74) is 0. The van der Waals surface area contributed by atoms with Gasteiger partial charge < -0.3 is 5.11 Å². The van der Waals surface area contributed by atoms with E-state index in [9.17, 15) is 9.18 Å². The lowest BCUT2D eigenvalue weighted by Gasteiger charge is -1.85. The van der Waals surface area contributed by atoms with E-state index in [4.69, 9.17) is 5.11 Å². The number of alkyl halides is 1. The summed E-state index contributed by atoms with van der Waals surface area (Å²) in [6.45, 7) is 0. The zero-order valence-corrected chi connectivity index (χ0v) is 3.31. The van der Waals surface area contributed by atoms with Crippen molar-refractivity contribution in [2.45, 2.75) is 6.07 Å². The van der Waals surface area contributed by atoms with E-state index < -0.39 is 12.0 Å². The van der Waals surface area contributed by atoms with Gasteiger partial charge in [0, 0.05) is 0 Å². The van der Waals surface area contributed by atoms with Gasteiger partial charge in [-0.2, -0.15) is 0 Å². The minimum atomic E-state index is -1.73. The third kappa shape index (κ3) is 1.75. The number of carbonyl (C=O) groups is 1. The Hall–Kier alpha value is -0.535. The van der Waals surface area contributed by atoms with Gasteiger partial charge in [-0.1, -0.05) is 0 Å². The van der Waals surface area contributed by atoms with Crippen molar-refractivity contribution < 1.29 is 14.3 Å². The highest BCUT2D eigenvalue weighted by atomic mass is 19.1. The molecule has 0 aromatic carbocycles. The molecule has 0 saturated heterocycles. The Morgan fingerprint density at radius 3 is 2.17 bits per heavy atom. The molecular formula is C2H4BFO2. The zero-order chi connectivity index (χ0) is 5.15. The van der Waals surface area contributed by atoms with Crippen LogP contribution in [0.4, 0.5) is 4.39 Å². The van der Waals surface area contributed by atoms with Crippen molar-refractivity contribution in [3.63, 3.8) is 0 Å². The van der Waals surface area contributed by atoms with Gasteiger partial charge in [0.1, 0.15) is 0 Å². The Balaban J connectivity index is 3.26. The Morgan fingerprint density at radius 1 is 2.00 bits per heavy atom. The smallest absolute Gasteiger partial charge is 0.328 e. The van der Waals surface area contributed by atoms with E-state index in [1.165, 1.54) is 0 Å². The lowest BCUT2D eigenvalue weighted by atomic mass is 10.0. The molecule has 0 radical (unpaired) electrons. The molecule has 0 rings (SSSR count). The lowest BCUT2D eigenvalue weighted by Crippen LogP contribution is -2.12. The van der Waals surface area contributed by atoms with Crippen LogP contribution in [-0.4, -0.2) is 25.0 Å². The quantitative estimate of drug-likeness (QED) is 0.419. The summed E-state index contributed by atoms with van der Waals surface area (Å²) in [6.07, 6.45) is -1.73. The molecule has 0 saturated carbocycles. The van der Waals surface area contributed by atoms with Gasteiger partial charge in [-0.3, -0.25) is 0 Å². The third-order valence-electron chi connectivity index (χ3n) is 0.340. The van der Waals surface area contributed by atoms with Gasteiger partial charge in [-0.15, -0.1) is 0 Å². The first-order chi connectivity index (χ1) is 2.64. The zero-order valence-electron chi connectivity index (χ0n) is 3.31. The monoisotopic (exact) mass is 90.0 g/mol. The fourth-order valence-electron chi connectivity index (χ4n) is 0. The number of aliphatic carboxylic acids is 1. The topological polar surface area (TPSA) is 37.3 Å². The number of carboxylic acids is 1. The van der Waals surface area contributed by atoms with Crippen LogP contribution in [0, 0.1) is 0 Å². The van der Waals surface area contributed by atoms with Crippen molar-refractivity contribution in [3.05, 3.63) is 0 Å². The summed E-state index contributed by atoms with van der Waals surface area (Å²) in [6, 6.07) is 0. The molecule has 0 spiro atoms. The van der Waals surface area contributed by atoms with Crippen molar-refractivity contribution in [3.8, 4) is 0 Å². The highest BCUT2D eigenvalue weighted by molar-refractivity contribution is 6.21. The van der Waals surface area contributed by atoms with Gasteiger partial charge in [-0.25, -0.2) is 9.18 Å². The molecule has 1 unspecified atom stereocenters. The molecule has 0 aromatic rings. The number of halogens is 1. The van der Waals surface area contributed by atoms with Gasteiger partial charge >= 0.3 is 5.97 Å². The van der Waals surface area contributed by atoms with E-state index in [1.807, 2.05) is 0 Å². The Bertz CT molecular complexity index is 62.6. The first-order valence-electron chi connectivity index (χ1n) is 1.51. The van der Waals surface area contributed by atoms with Crippen molar-refractivity contribution in [2.24, 2.45) is 0 Å². The van der Waals surface area contributed by atoms with Crippen molar-refractivity contribution in [1.82, 2.24) is 0 Å². The van der Waals surface area contributed by atoms with E-state index >= 15 is 0 Å². The Kier molecular flexibility index (Phi) is 1.63. The first kappa shape index (κ1) is 5.46. The van der Waals surface area contributed by atoms with E-state index in [0.717, 1.165) is 7.85 Å². The summed E-state index contributed by atoms with van der Waals surface area (Å²) in [5, 5.41) is 7.62. The number of rotatable bonds is 1. The number of carboxylic acid groups (broad SMARTS) is 1. The molecule has 0 aromatic heterocycles. The van der Waals surface area contributed by atoms with E-state index in [1.54, 1.807) is 0 Å². The fraction of sp³-hybridized carbons (Fsp3) is 0.500. The minimum absolute atomic E-state index is 0.975. The molecule has 0 aliphatic rings. The fourth-order valence-corrected chi connectivity index (χ4v) is 0. The first-order valence-corrected chi connectivity index (χ1v) is 1.51. The van der Waals surface area contributed by atoms with Crippen LogP contribution in [0.15, 0.2) is 0 Å². The molecule has 34 valence electrons. The average Bonchev–Trinajstić information content (AvgIpc) is 1.36. The predicted molar refractivity (Wildman–Crippen MR) is 21.1 cm³/mol. The van der Waals surface area contributed by atoms with Crippen LogP contribution in [0.2, 0.25) is 0 Å². The molecule has 0 bridgehead atoms. The highest BCUT2D eigenvalue weighted by Gasteiger charge is 2.04. The number of hydrogen-bond acceptors (Lipinski definition) is 1. The summed E-state index contributed by atoms with van der Waals surface area (Å²) in [7, 11) is 0.975. The number of hydrogen-bond donors (Lipinski definition) is 1. The molecule has 0 amide bonds. The van der Waals surface area contributed by atoms with Crippen LogP contribution in [0.3, 0.4) is 0 Å². The SMILES string of the molecule is BC(F)C(=O)O. The van der Waals surface area contributed by atoms with E-state index in [2.05, 4.69) is 0 Å². The minimum Gasteiger partial charge on any atom is -0.480 e. The van der Waals surface area contributed by atoms with Crippen LogP contribution < -0.4 is 0 Å². The van der Waals surface area contributed by atoms with Crippen molar-refractivity contribution in [1.29, 1.82) is 0 Å². The van der Waals surface area contributed by atoms with E-state index in [0.29, 0.717) is 0 Å². The van der Waals surface area contributed by atoms with Gasteiger partial charge in [0.15, 0.2) is 13.9 Å². The standard InChI is InChI=1S/C2H4BFO2/c3-1(4)2(5)6/h1H,3H2,(H,5,6). The molecule has 1 atom stereocenters. The Morgan fingerprint density at radius 2 is 2.17 bits per heavy atom. The molecule has 2 nitrogen and oxygen atoms in total. The van der Waals surface area contributed by atoms with Crippen LogP contribution >= 0.6 is 0 Å². The molecule has 0 aliphatic heterocycles.